The standard InChI is InChI=1S/C24H25FN2O3S/c1-18(20-6-4-3-5-7-20)16-26-24(28)21-10-8-19(9-11-21)17-27(31(2,29)30)23-14-12-22(25)13-15-23/h3-15,18H,16-17H2,1-2H3,(H,26,28)/t18-/m0/s1. The summed E-state index contributed by atoms with van der Waals surface area (Å²) < 4.78 is 38.9. The molecule has 1 N–H and O–H groups in total. The van der Waals surface area contributed by atoms with Crippen LogP contribution in [0.4, 0.5) is 10.1 Å². The van der Waals surface area contributed by atoms with Crippen molar-refractivity contribution in [2.24, 2.45) is 0 Å². The van der Waals surface area contributed by atoms with Crippen LogP contribution in [0, 0.1) is 5.82 Å². The highest BCUT2D eigenvalue weighted by atomic mass is 32.2. The average molecular weight is 441 g/mol. The zero-order valence-corrected chi connectivity index (χ0v) is 18.3. The summed E-state index contributed by atoms with van der Waals surface area (Å²) in [7, 11) is -3.57. The molecule has 7 heteroatoms. The van der Waals surface area contributed by atoms with Gasteiger partial charge in [-0.25, -0.2) is 12.8 Å². The number of nitrogens with zero attached hydrogens (tertiary/aromatic N) is 1. The lowest BCUT2D eigenvalue weighted by Gasteiger charge is -2.22. The van der Waals surface area contributed by atoms with E-state index in [2.05, 4.69) is 5.32 Å². The Hall–Kier alpha value is -3.19. The lowest BCUT2D eigenvalue weighted by Crippen LogP contribution is -2.29. The van der Waals surface area contributed by atoms with E-state index in [0.717, 1.165) is 11.8 Å². The van der Waals surface area contributed by atoms with Gasteiger partial charge >= 0.3 is 0 Å². The molecule has 0 fully saturated rings. The van der Waals surface area contributed by atoms with Gasteiger partial charge in [-0.3, -0.25) is 9.10 Å². The van der Waals surface area contributed by atoms with Crippen molar-refractivity contribution in [1.29, 1.82) is 0 Å². The van der Waals surface area contributed by atoms with E-state index in [1.807, 2.05) is 37.3 Å². The molecule has 3 rings (SSSR count). The van der Waals surface area contributed by atoms with Gasteiger partial charge in [0.15, 0.2) is 0 Å². The van der Waals surface area contributed by atoms with Gasteiger partial charge in [0.2, 0.25) is 10.0 Å². The molecule has 0 aliphatic rings. The minimum Gasteiger partial charge on any atom is -0.351 e. The predicted molar refractivity (Wildman–Crippen MR) is 121 cm³/mol. The van der Waals surface area contributed by atoms with Crippen molar-refractivity contribution in [3.63, 3.8) is 0 Å². The van der Waals surface area contributed by atoms with E-state index in [0.29, 0.717) is 23.4 Å². The first-order valence-electron chi connectivity index (χ1n) is 9.89. The Morgan fingerprint density at radius 2 is 1.58 bits per heavy atom. The maximum Gasteiger partial charge on any atom is 0.251 e. The summed E-state index contributed by atoms with van der Waals surface area (Å²) >= 11 is 0. The lowest BCUT2D eigenvalue weighted by atomic mass is 10.0. The first-order chi connectivity index (χ1) is 14.7. The third-order valence-electron chi connectivity index (χ3n) is 4.99. The van der Waals surface area contributed by atoms with Crippen molar-refractivity contribution >= 4 is 21.6 Å². The molecule has 0 unspecified atom stereocenters. The summed E-state index contributed by atoms with van der Waals surface area (Å²) in [5, 5.41) is 2.93. The number of hydrogen-bond acceptors (Lipinski definition) is 3. The lowest BCUT2D eigenvalue weighted by molar-refractivity contribution is 0.0951. The van der Waals surface area contributed by atoms with E-state index >= 15 is 0 Å². The molecule has 0 aromatic heterocycles. The Morgan fingerprint density at radius 3 is 2.16 bits per heavy atom. The molecule has 1 atom stereocenters. The minimum atomic E-state index is -3.57. The molecule has 0 saturated carbocycles. The van der Waals surface area contributed by atoms with Gasteiger partial charge in [-0.2, -0.15) is 0 Å². The van der Waals surface area contributed by atoms with Crippen LogP contribution in [0.2, 0.25) is 0 Å². The van der Waals surface area contributed by atoms with Crippen molar-refractivity contribution in [2.75, 3.05) is 17.1 Å². The number of nitrogens with one attached hydrogen (secondary N) is 1. The van der Waals surface area contributed by atoms with Gasteiger partial charge in [-0.1, -0.05) is 49.4 Å². The molecular formula is C24H25FN2O3S. The second kappa shape index (κ2) is 9.75. The Balaban J connectivity index is 1.65. The van der Waals surface area contributed by atoms with Crippen LogP contribution in [-0.2, 0) is 16.6 Å². The van der Waals surface area contributed by atoms with Gasteiger partial charge in [-0.05, 0) is 53.4 Å². The van der Waals surface area contributed by atoms with Gasteiger partial charge in [0.25, 0.3) is 5.91 Å². The molecule has 5 nitrogen and oxygen atoms in total. The molecule has 0 radical (unpaired) electrons. The monoisotopic (exact) mass is 440 g/mol. The van der Waals surface area contributed by atoms with E-state index in [4.69, 9.17) is 0 Å². The Morgan fingerprint density at radius 1 is 0.968 bits per heavy atom. The Kier molecular flexibility index (Phi) is 7.07. The molecule has 0 aliphatic carbocycles. The van der Waals surface area contributed by atoms with Crippen LogP contribution in [-0.4, -0.2) is 27.1 Å². The number of carbonyl (C=O) groups excluding carboxylic acids is 1. The van der Waals surface area contributed by atoms with Crippen molar-refractivity contribution in [3.8, 4) is 0 Å². The molecule has 0 aliphatic heterocycles. The Labute approximate surface area is 182 Å². The highest BCUT2D eigenvalue weighted by molar-refractivity contribution is 7.92. The zero-order valence-electron chi connectivity index (χ0n) is 17.5. The normalized spacial score (nSPS) is 12.2. The third-order valence-corrected chi connectivity index (χ3v) is 6.14. The maximum absolute atomic E-state index is 13.2. The van der Waals surface area contributed by atoms with Crippen molar-refractivity contribution in [1.82, 2.24) is 5.32 Å². The number of halogens is 1. The van der Waals surface area contributed by atoms with Crippen LogP contribution in [0.3, 0.4) is 0 Å². The summed E-state index contributed by atoms with van der Waals surface area (Å²) in [6.45, 7) is 2.64. The molecule has 1 amide bonds. The van der Waals surface area contributed by atoms with Crippen LogP contribution in [0.1, 0.15) is 34.3 Å². The maximum atomic E-state index is 13.2. The zero-order chi connectivity index (χ0) is 22.4. The van der Waals surface area contributed by atoms with E-state index < -0.39 is 15.8 Å². The first kappa shape index (κ1) is 22.5. The van der Waals surface area contributed by atoms with Crippen LogP contribution < -0.4 is 9.62 Å². The third kappa shape index (κ3) is 6.15. The molecule has 3 aromatic rings. The minimum absolute atomic E-state index is 0.0808. The Bertz CT molecular complexity index is 1120. The summed E-state index contributed by atoms with van der Waals surface area (Å²) in [4.78, 5) is 12.5. The average Bonchev–Trinajstić information content (AvgIpc) is 2.76. The largest absolute Gasteiger partial charge is 0.351 e. The number of anilines is 1. The second-order valence-corrected chi connectivity index (χ2v) is 9.37. The van der Waals surface area contributed by atoms with E-state index in [-0.39, 0.29) is 18.4 Å². The number of amides is 1. The van der Waals surface area contributed by atoms with Gasteiger partial charge in [0.05, 0.1) is 18.5 Å². The van der Waals surface area contributed by atoms with E-state index in [1.165, 1.54) is 28.6 Å². The number of hydrogen-bond donors (Lipinski definition) is 1. The first-order valence-corrected chi connectivity index (χ1v) is 11.7. The van der Waals surface area contributed by atoms with Gasteiger partial charge in [0.1, 0.15) is 5.82 Å². The molecule has 0 saturated heterocycles. The number of benzene rings is 3. The number of carbonyl (C=O) groups is 1. The summed E-state index contributed by atoms with van der Waals surface area (Å²) in [5.74, 6) is -0.439. The molecular weight excluding hydrogens is 415 g/mol. The van der Waals surface area contributed by atoms with Crippen molar-refractivity contribution < 1.29 is 17.6 Å². The molecule has 31 heavy (non-hydrogen) atoms. The molecule has 0 bridgehead atoms. The van der Waals surface area contributed by atoms with Crippen LogP contribution in [0.5, 0.6) is 0 Å². The van der Waals surface area contributed by atoms with Gasteiger partial charge in [0, 0.05) is 12.1 Å². The molecule has 0 heterocycles. The van der Waals surface area contributed by atoms with E-state index in [1.54, 1.807) is 24.3 Å². The number of rotatable bonds is 8. The fraction of sp³-hybridized carbons (Fsp3) is 0.208. The smallest absolute Gasteiger partial charge is 0.251 e. The summed E-state index contributed by atoms with van der Waals surface area (Å²) in [5.41, 5.74) is 2.74. The predicted octanol–water partition coefficient (Wildman–Crippen LogP) is 4.33. The second-order valence-electron chi connectivity index (χ2n) is 7.46. The SMILES string of the molecule is C[C@@H](CNC(=O)c1ccc(CN(c2ccc(F)cc2)S(C)(=O)=O)cc1)c1ccccc1. The highest BCUT2D eigenvalue weighted by Crippen LogP contribution is 2.21. The van der Waals surface area contributed by atoms with Gasteiger partial charge in [-0.15, -0.1) is 0 Å². The van der Waals surface area contributed by atoms with Crippen molar-refractivity contribution in [3.05, 3.63) is 101 Å². The molecule has 3 aromatic carbocycles. The van der Waals surface area contributed by atoms with Crippen LogP contribution in [0.25, 0.3) is 0 Å². The van der Waals surface area contributed by atoms with Crippen molar-refractivity contribution in [2.45, 2.75) is 19.4 Å². The van der Waals surface area contributed by atoms with Gasteiger partial charge < -0.3 is 5.32 Å². The molecule has 162 valence electrons. The highest BCUT2D eigenvalue weighted by Gasteiger charge is 2.18. The summed E-state index contributed by atoms with van der Waals surface area (Å²) in [6.07, 6.45) is 1.10. The fourth-order valence-electron chi connectivity index (χ4n) is 3.18. The molecule has 0 spiro atoms. The van der Waals surface area contributed by atoms with Crippen LogP contribution >= 0.6 is 0 Å². The number of sulfonamides is 1. The quantitative estimate of drug-likeness (QED) is 0.567. The summed E-state index contributed by atoms with van der Waals surface area (Å²) in [6, 6.07) is 22.0. The van der Waals surface area contributed by atoms with Crippen LogP contribution in [0.15, 0.2) is 78.9 Å². The fourth-order valence-corrected chi connectivity index (χ4v) is 4.07. The van der Waals surface area contributed by atoms with E-state index in [9.17, 15) is 17.6 Å². The topological polar surface area (TPSA) is 66.5 Å².